The summed E-state index contributed by atoms with van der Waals surface area (Å²) in [7, 11) is 0. The molecule has 3 rings (SSSR count). The third-order valence-electron chi connectivity index (χ3n) is 3.07. The number of aromatic nitrogens is 3. The second kappa shape index (κ2) is 4.29. The zero-order chi connectivity index (χ0) is 14.4. The van der Waals surface area contributed by atoms with Gasteiger partial charge in [0.2, 0.25) is 0 Å². The van der Waals surface area contributed by atoms with Gasteiger partial charge in [-0.1, -0.05) is 0 Å². The number of anilines is 1. The standard InChI is InChI=1S/C12H13N5O3/c1-5-15-10(13)9-6(11(14)19)4-17(12(9)16-5)7-2-3-8(18)20-7/h2-4,7-8,18H,1H3,(H2,14,19)(H2,13,15,16)/t7-,8+/m1/s1. The molecule has 8 nitrogen and oxygen atoms in total. The lowest BCUT2D eigenvalue weighted by Crippen LogP contribution is -2.12. The lowest BCUT2D eigenvalue weighted by molar-refractivity contribution is -0.0958. The summed E-state index contributed by atoms with van der Waals surface area (Å²) in [6.07, 6.45) is 3.09. The molecule has 3 heterocycles. The Morgan fingerprint density at radius 3 is 2.80 bits per heavy atom. The summed E-state index contributed by atoms with van der Waals surface area (Å²) in [6, 6.07) is 0. The number of primary amides is 1. The van der Waals surface area contributed by atoms with Crippen molar-refractivity contribution >= 4 is 22.8 Å². The average Bonchev–Trinajstić information content (AvgIpc) is 2.92. The van der Waals surface area contributed by atoms with Gasteiger partial charge < -0.3 is 25.9 Å². The van der Waals surface area contributed by atoms with Crippen molar-refractivity contribution in [2.24, 2.45) is 5.73 Å². The molecule has 2 aromatic heterocycles. The van der Waals surface area contributed by atoms with Crippen molar-refractivity contribution in [1.29, 1.82) is 0 Å². The molecule has 104 valence electrons. The first-order valence-corrected chi connectivity index (χ1v) is 5.93. The molecule has 8 heteroatoms. The van der Waals surface area contributed by atoms with Gasteiger partial charge in [0.1, 0.15) is 17.3 Å². The Balaban J connectivity index is 2.27. The Hall–Kier alpha value is -2.45. The number of aliphatic hydroxyl groups is 1. The van der Waals surface area contributed by atoms with Crippen molar-refractivity contribution in [3.63, 3.8) is 0 Å². The fourth-order valence-corrected chi connectivity index (χ4v) is 2.25. The van der Waals surface area contributed by atoms with Crippen molar-refractivity contribution in [3.8, 4) is 0 Å². The largest absolute Gasteiger partial charge is 0.383 e. The Bertz CT molecular complexity index is 736. The third-order valence-corrected chi connectivity index (χ3v) is 3.07. The van der Waals surface area contributed by atoms with Gasteiger partial charge in [-0.15, -0.1) is 0 Å². The molecule has 0 saturated heterocycles. The molecule has 1 aliphatic heterocycles. The minimum Gasteiger partial charge on any atom is -0.383 e. The zero-order valence-electron chi connectivity index (χ0n) is 10.6. The molecule has 0 aliphatic carbocycles. The minimum absolute atomic E-state index is 0.183. The summed E-state index contributed by atoms with van der Waals surface area (Å²) < 4.78 is 6.87. The van der Waals surface area contributed by atoms with Gasteiger partial charge in [0.25, 0.3) is 5.91 Å². The fraction of sp³-hybridized carbons (Fsp3) is 0.250. The van der Waals surface area contributed by atoms with E-state index in [1.165, 1.54) is 12.3 Å². The number of amides is 1. The highest BCUT2D eigenvalue weighted by molar-refractivity contribution is 6.08. The molecule has 0 saturated carbocycles. The molecule has 0 aromatic carbocycles. The maximum atomic E-state index is 11.5. The molecule has 0 spiro atoms. The van der Waals surface area contributed by atoms with Crippen LogP contribution in [0.3, 0.4) is 0 Å². The van der Waals surface area contributed by atoms with Crippen LogP contribution in [0, 0.1) is 6.92 Å². The van der Waals surface area contributed by atoms with E-state index >= 15 is 0 Å². The highest BCUT2D eigenvalue weighted by atomic mass is 16.6. The first-order valence-electron chi connectivity index (χ1n) is 5.93. The predicted molar refractivity (Wildman–Crippen MR) is 70.5 cm³/mol. The molecule has 0 radical (unpaired) electrons. The highest BCUT2D eigenvalue weighted by Gasteiger charge is 2.25. The Labute approximate surface area is 113 Å². The average molecular weight is 275 g/mol. The van der Waals surface area contributed by atoms with Gasteiger partial charge >= 0.3 is 0 Å². The van der Waals surface area contributed by atoms with Crippen LogP contribution in [0.4, 0.5) is 5.82 Å². The fourth-order valence-electron chi connectivity index (χ4n) is 2.25. The number of nitrogens with two attached hydrogens (primary N) is 2. The number of carbonyl (C=O) groups is 1. The molecular formula is C12H13N5O3. The molecule has 20 heavy (non-hydrogen) atoms. The number of hydrogen-bond acceptors (Lipinski definition) is 6. The zero-order valence-corrected chi connectivity index (χ0v) is 10.6. The van der Waals surface area contributed by atoms with E-state index in [2.05, 4.69) is 9.97 Å². The van der Waals surface area contributed by atoms with Crippen LogP contribution in [-0.4, -0.2) is 31.8 Å². The Morgan fingerprint density at radius 2 is 2.20 bits per heavy atom. The molecule has 1 amide bonds. The lowest BCUT2D eigenvalue weighted by Gasteiger charge is -2.13. The molecule has 0 unspecified atom stereocenters. The van der Waals surface area contributed by atoms with Crippen LogP contribution in [-0.2, 0) is 4.74 Å². The number of fused-ring (bicyclic) bond motifs is 1. The van der Waals surface area contributed by atoms with Gasteiger partial charge in [-0.25, -0.2) is 9.97 Å². The van der Waals surface area contributed by atoms with Crippen molar-refractivity contribution in [2.45, 2.75) is 19.4 Å². The van der Waals surface area contributed by atoms with E-state index in [1.54, 1.807) is 17.6 Å². The number of carbonyl (C=O) groups excluding carboxylic acids is 1. The normalized spacial score (nSPS) is 21.7. The second-order valence-electron chi connectivity index (χ2n) is 4.47. The summed E-state index contributed by atoms with van der Waals surface area (Å²) in [5.74, 6) is 0.0194. The lowest BCUT2D eigenvalue weighted by atomic mass is 10.2. The van der Waals surface area contributed by atoms with E-state index in [0.717, 1.165) is 0 Å². The monoisotopic (exact) mass is 275 g/mol. The maximum Gasteiger partial charge on any atom is 0.251 e. The predicted octanol–water partition coefficient (Wildman–Crippen LogP) is -0.176. The van der Waals surface area contributed by atoms with Crippen molar-refractivity contribution in [1.82, 2.24) is 14.5 Å². The number of rotatable bonds is 2. The minimum atomic E-state index is -0.991. The summed E-state index contributed by atoms with van der Waals surface area (Å²) in [6.45, 7) is 1.69. The van der Waals surface area contributed by atoms with Gasteiger partial charge in [-0.2, -0.15) is 0 Å². The van der Waals surface area contributed by atoms with E-state index < -0.39 is 18.4 Å². The van der Waals surface area contributed by atoms with Gasteiger partial charge in [0, 0.05) is 6.20 Å². The summed E-state index contributed by atoms with van der Waals surface area (Å²) in [5, 5.41) is 9.78. The molecule has 0 fully saturated rings. The van der Waals surface area contributed by atoms with Crippen molar-refractivity contribution in [2.75, 3.05) is 5.73 Å². The Morgan fingerprint density at radius 1 is 1.45 bits per heavy atom. The third kappa shape index (κ3) is 1.82. The SMILES string of the molecule is Cc1nc(N)c2c(C(N)=O)cn([C@H]3C=C[C@@H](O)O3)c2n1. The van der Waals surface area contributed by atoms with Crippen LogP contribution in [0.5, 0.6) is 0 Å². The molecule has 2 aromatic rings. The van der Waals surface area contributed by atoms with E-state index in [-0.39, 0.29) is 11.4 Å². The number of ether oxygens (including phenoxy) is 1. The van der Waals surface area contributed by atoms with Crippen LogP contribution in [0.2, 0.25) is 0 Å². The summed E-state index contributed by atoms with van der Waals surface area (Å²) in [4.78, 5) is 19.8. The van der Waals surface area contributed by atoms with Gasteiger partial charge in [0.05, 0.1) is 10.9 Å². The number of hydrogen-bond donors (Lipinski definition) is 3. The number of nitrogens with zero attached hydrogens (tertiary/aromatic N) is 3. The van der Waals surface area contributed by atoms with E-state index in [0.29, 0.717) is 16.9 Å². The Kier molecular flexibility index (Phi) is 2.70. The van der Waals surface area contributed by atoms with E-state index in [9.17, 15) is 9.90 Å². The quantitative estimate of drug-likeness (QED) is 0.652. The summed E-state index contributed by atoms with van der Waals surface area (Å²) >= 11 is 0. The smallest absolute Gasteiger partial charge is 0.251 e. The molecule has 5 N–H and O–H groups in total. The van der Waals surface area contributed by atoms with Crippen LogP contribution >= 0.6 is 0 Å². The molecule has 0 bridgehead atoms. The highest BCUT2D eigenvalue weighted by Crippen LogP contribution is 2.30. The van der Waals surface area contributed by atoms with Crippen molar-refractivity contribution < 1.29 is 14.6 Å². The van der Waals surface area contributed by atoms with Crippen LogP contribution in [0.25, 0.3) is 11.0 Å². The van der Waals surface area contributed by atoms with E-state index in [4.69, 9.17) is 16.2 Å². The second-order valence-corrected chi connectivity index (χ2v) is 4.47. The first-order chi connectivity index (χ1) is 9.47. The molecule has 2 atom stereocenters. The van der Waals surface area contributed by atoms with Crippen LogP contribution in [0.15, 0.2) is 18.3 Å². The van der Waals surface area contributed by atoms with E-state index in [1.807, 2.05) is 0 Å². The molecular weight excluding hydrogens is 262 g/mol. The first kappa shape index (κ1) is 12.6. The molecule has 1 aliphatic rings. The number of aryl methyl sites for hydroxylation is 1. The van der Waals surface area contributed by atoms with Gasteiger partial charge in [-0.05, 0) is 19.1 Å². The number of aliphatic hydroxyl groups excluding tert-OH is 1. The summed E-state index contributed by atoms with van der Waals surface area (Å²) in [5.41, 5.74) is 11.9. The van der Waals surface area contributed by atoms with Crippen molar-refractivity contribution in [3.05, 3.63) is 29.7 Å². The van der Waals surface area contributed by atoms with Gasteiger partial charge in [-0.3, -0.25) is 4.79 Å². The number of nitrogen functional groups attached to an aromatic ring is 1. The maximum absolute atomic E-state index is 11.5. The topological polar surface area (TPSA) is 129 Å². The van der Waals surface area contributed by atoms with Crippen LogP contribution < -0.4 is 11.5 Å². The van der Waals surface area contributed by atoms with Gasteiger partial charge in [0.15, 0.2) is 12.5 Å². The van der Waals surface area contributed by atoms with Crippen LogP contribution in [0.1, 0.15) is 22.4 Å².